The molecule has 1 aliphatic rings. The predicted octanol–water partition coefficient (Wildman–Crippen LogP) is 5.67. The molecule has 1 aliphatic carbocycles. The lowest BCUT2D eigenvalue weighted by atomic mass is 9.81. The predicted molar refractivity (Wildman–Crippen MR) is 85.0 cm³/mol. The van der Waals surface area contributed by atoms with Gasteiger partial charge in [-0.3, -0.25) is 0 Å². The van der Waals surface area contributed by atoms with Gasteiger partial charge in [-0.05, 0) is 55.7 Å². The molecule has 1 aromatic rings. The van der Waals surface area contributed by atoms with E-state index in [0.717, 1.165) is 22.5 Å². The zero-order chi connectivity index (χ0) is 13.8. The van der Waals surface area contributed by atoms with Crippen LogP contribution < -0.4 is 5.32 Å². The molecule has 2 atom stereocenters. The third kappa shape index (κ3) is 4.42. The maximum Gasteiger partial charge on any atom is 0.0640 e. The maximum atomic E-state index is 6.31. The molecule has 0 aliphatic heterocycles. The smallest absolute Gasteiger partial charge is 0.0640 e. The summed E-state index contributed by atoms with van der Waals surface area (Å²) in [6.45, 7) is 6.73. The van der Waals surface area contributed by atoms with Gasteiger partial charge in [0.15, 0.2) is 0 Å². The van der Waals surface area contributed by atoms with Crippen LogP contribution in [0.25, 0.3) is 0 Å². The number of nitrogens with one attached hydrogen (secondary N) is 1. The van der Waals surface area contributed by atoms with E-state index in [1.54, 1.807) is 0 Å². The molecule has 0 spiro atoms. The minimum Gasteiger partial charge on any atom is -0.381 e. The summed E-state index contributed by atoms with van der Waals surface area (Å²) in [5, 5.41) is 4.50. The van der Waals surface area contributed by atoms with Crippen molar-refractivity contribution in [2.45, 2.75) is 58.9 Å². The van der Waals surface area contributed by atoms with Gasteiger partial charge in [0.2, 0.25) is 0 Å². The topological polar surface area (TPSA) is 12.0 Å². The molecule has 2 heteroatoms. The fourth-order valence-electron chi connectivity index (χ4n) is 3.26. The Morgan fingerprint density at radius 1 is 1.32 bits per heavy atom. The van der Waals surface area contributed by atoms with Gasteiger partial charge in [0.25, 0.3) is 0 Å². The van der Waals surface area contributed by atoms with E-state index in [0.29, 0.717) is 6.04 Å². The standard InChI is InChI=1S/C17H26ClN/c1-12(2)9-14-5-4-6-15(11-14)19-17-8-7-13(3)10-16(17)18/h7-8,10,12,14-15,19H,4-6,9,11H2,1-3H3. The summed E-state index contributed by atoms with van der Waals surface area (Å²) in [5.41, 5.74) is 2.32. The van der Waals surface area contributed by atoms with Gasteiger partial charge < -0.3 is 5.32 Å². The molecule has 1 fully saturated rings. The molecule has 106 valence electrons. The molecule has 1 saturated carbocycles. The Labute approximate surface area is 122 Å². The van der Waals surface area contributed by atoms with Gasteiger partial charge in [-0.1, -0.05) is 44.4 Å². The van der Waals surface area contributed by atoms with E-state index < -0.39 is 0 Å². The van der Waals surface area contributed by atoms with Crippen molar-refractivity contribution in [3.05, 3.63) is 28.8 Å². The quantitative estimate of drug-likeness (QED) is 0.749. The molecule has 1 nitrogen and oxygen atoms in total. The van der Waals surface area contributed by atoms with Gasteiger partial charge >= 0.3 is 0 Å². The van der Waals surface area contributed by atoms with Crippen molar-refractivity contribution in [1.29, 1.82) is 0 Å². The summed E-state index contributed by atoms with van der Waals surface area (Å²) >= 11 is 6.31. The molecule has 0 radical (unpaired) electrons. The molecule has 19 heavy (non-hydrogen) atoms. The number of rotatable bonds is 4. The lowest BCUT2D eigenvalue weighted by Crippen LogP contribution is -2.28. The Balaban J connectivity index is 1.94. The minimum absolute atomic E-state index is 0.595. The Hall–Kier alpha value is -0.690. The minimum atomic E-state index is 0.595. The van der Waals surface area contributed by atoms with Crippen molar-refractivity contribution in [2.24, 2.45) is 11.8 Å². The van der Waals surface area contributed by atoms with E-state index in [1.807, 2.05) is 6.07 Å². The molecule has 1 aromatic carbocycles. The molecule has 0 bridgehead atoms. The average molecular weight is 280 g/mol. The maximum absolute atomic E-state index is 6.31. The summed E-state index contributed by atoms with van der Waals surface area (Å²) in [6, 6.07) is 6.88. The van der Waals surface area contributed by atoms with Gasteiger partial charge in [-0.25, -0.2) is 0 Å². The number of halogens is 1. The van der Waals surface area contributed by atoms with Crippen molar-refractivity contribution in [1.82, 2.24) is 0 Å². The van der Waals surface area contributed by atoms with E-state index in [1.165, 1.54) is 37.7 Å². The van der Waals surface area contributed by atoms with Gasteiger partial charge in [-0.2, -0.15) is 0 Å². The van der Waals surface area contributed by atoms with Crippen LogP contribution in [0, 0.1) is 18.8 Å². The lowest BCUT2D eigenvalue weighted by Gasteiger charge is -2.31. The first-order valence-electron chi connectivity index (χ1n) is 7.57. The number of aryl methyl sites for hydroxylation is 1. The highest BCUT2D eigenvalue weighted by molar-refractivity contribution is 6.33. The third-order valence-electron chi connectivity index (χ3n) is 4.07. The van der Waals surface area contributed by atoms with Crippen LogP contribution in [-0.4, -0.2) is 6.04 Å². The van der Waals surface area contributed by atoms with E-state index >= 15 is 0 Å². The summed E-state index contributed by atoms with van der Waals surface area (Å²) in [7, 11) is 0. The van der Waals surface area contributed by atoms with Crippen LogP contribution in [-0.2, 0) is 0 Å². The highest BCUT2D eigenvalue weighted by atomic mass is 35.5. The summed E-state index contributed by atoms with van der Waals surface area (Å²) in [4.78, 5) is 0. The van der Waals surface area contributed by atoms with E-state index in [2.05, 4.69) is 38.2 Å². The van der Waals surface area contributed by atoms with Gasteiger partial charge in [0.1, 0.15) is 0 Å². The number of hydrogen-bond donors (Lipinski definition) is 1. The lowest BCUT2D eigenvalue weighted by molar-refractivity contribution is 0.289. The number of hydrogen-bond acceptors (Lipinski definition) is 1. The normalized spacial score (nSPS) is 23.6. The first kappa shape index (κ1) is 14.7. The molecular weight excluding hydrogens is 254 g/mol. The molecule has 0 heterocycles. The van der Waals surface area contributed by atoms with Crippen molar-refractivity contribution in [2.75, 3.05) is 5.32 Å². The molecular formula is C17H26ClN. The summed E-state index contributed by atoms with van der Waals surface area (Å²) in [6.07, 6.45) is 6.68. The van der Waals surface area contributed by atoms with E-state index in [9.17, 15) is 0 Å². The van der Waals surface area contributed by atoms with E-state index in [4.69, 9.17) is 11.6 Å². The first-order chi connectivity index (χ1) is 9.04. The molecule has 2 unspecified atom stereocenters. The van der Waals surface area contributed by atoms with Crippen molar-refractivity contribution in [3.63, 3.8) is 0 Å². The summed E-state index contributed by atoms with van der Waals surface area (Å²) < 4.78 is 0. The Morgan fingerprint density at radius 2 is 2.11 bits per heavy atom. The first-order valence-corrected chi connectivity index (χ1v) is 7.95. The SMILES string of the molecule is Cc1ccc(NC2CCCC(CC(C)C)C2)c(Cl)c1. The van der Waals surface area contributed by atoms with Crippen LogP contribution in [0.4, 0.5) is 5.69 Å². The van der Waals surface area contributed by atoms with Crippen LogP contribution in [0.3, 0.4) is 0 Å². The average Bonchev–Trinajstić information content (AvgIpc) is 2.32. The Kier molecular flexibility index (Phi) is 5.15. The van der Waals surface area contributed by atoms with Crippen LogP contribution in [0.15, 0.2) is 18.2 Å². The molecule has 0 saturated heterocycles. The largest absolute Gasteiger partial charge is 0.381 e. The highest BCUT2D eigenvalue weighted by Gasteiger charge is 2.22. The third-order valence-corrected chi connectivity index (χ3v) is 4.38. The fourth-order valence-corrected chi connectivity index (χ4v) is 3.55. The van der Waals surface area contributed by atoms with Crippen molar-refractivity contribution < 1.29 is 0 Å². The van der Waals surface area contributed by atoms with Crippen LogP contribution >= 0.6 is 11.6 Å². The van der Waals surface area contributed by atoms with Gasteiger partial charge in [0, 0.05) is 6.04 Å². The number of benzene rings is 1. The number of anilines is 1. The second-order valence-corrected chi connectivity index (χ2v) is 6.89. The van der Waals surface area contributed by atoms with Gasteiger partial charge in [0.05, 0.1) is 10.7 Å². The Bertz CT molecular complexity index is 414. The van der Waals surface area contributed by atoms with Crippen molar-refractivity contribution >= 4 is 17.3 Å². The van der Waals surface area contributed by atoms with E-state index in [-0.39, 0.29) is 0 Å². The van der Waals surface area contributed by atoms with Gasteiger partial charge in [-0.15, -0.1) is 0 Å². The monoisotopic (exact) mass is 279 g/mol. The Morgan fingerprint density at radius 3 is 2.79 bits per heavy atom. The second kappa shape index (κ2) is 6.65. The van der Waals surface area contributed by atoms with Crippen molar-refractivity contribution in [3.8, 4) is 0 Å². The molecule has 0 aromatic heterocycles. The van der Waals surface area contributed by atoms with Crippen LogP contribution in [0.1, 0.15) is 51.5 Å². The molecule has 0 amide bonds. The zero-order valence-electron chi connectivity index (χ0n) is 12.4. The fraction of sp³-hybridized carbons (Fsp3) is 0.647. The zero-order valence-corrected chi connectivity index (χ0v) is 13.1. The molecule has 1 N–H and O–H groups in total. The molecule has 2 rings (SSSR count). The van der Waals surface area contributed by atoms with Crippen LogP contribution in [0.5, 0.6) is 0 Å². The second-order valence-electron chi connectivity index (χ2n) is 6.49. The summed E-state index contributed by atoms with van der Waals surface area (Å²) in [5.74, 6) is 1.70. The highest BCUT2D eigenvalue weighted by Crippen LogP contribution is 2.32. The van der Waals surface area contributed by atoms with Crippen LogP contribution in [0.2, 0.25) is 5.02 Å².